The first kappa shape index (κ1) is 22.3. The Morgan fingerprint density at radius 1 is 0.917 bits per heavy atom. The van der Waals surface area contributed by atoms with E-state index >= 15 is 0 Å². The molecular weight excluding hydrogens is 312 g/mol. The highest BCUT2D eigenvalue weighted by Crippen LogP contribution is 2.19. The zero-order valence-corrected chi connectivity index (χ0v) is 14.8. The third-order valence-corrected chi connectivity index (χ3v) is 3.53. The molecule has 0 aliphatic carbocycles. The molecule has 0 amide bonds. The molecule has 3 atom stereocenters. The standard InChI is InChI=1S/C18H30O6/c1-4-7-17(21)23-12-15(19)10-9-14(6-3)11-16(20)13-24-18(22)8-5-2/h4-5,7-8,14-16,19-20H,6,9-13H2,1-3H3. The Hall–Kier alpha value is -1.66. The normalized spacial score (nSPS) is 15.4. The minimum absolute atomic E-state index is 0.0385. The van der Waals surface area contributed by atoms with Crippen LogP contribution in [0.2, 0.25) is 0 Å². The van der Waals surface area contributed by atoms with Crippen molar-refractivity contribution >= 4 is 11.9 Å². The van der Waals surface area contributed by atoms with Crippen LogP contribution in [0, 0.1) is 5.92 Å². The predicted molar refractivity (Wildman–Crippen MR) is 91.2 cm³/mol. The lowest BCUT2D eigenvalue weighted by molar-refractivity contribution is -0.142. The van der Waals surface area contributed by atoms with E-state index in [1.807, 2.05) is 6.92 Å². The molecule has 0 aromatic rings. The Balaban J connectivity index is 4.04. The Morgan fingerprint density at radius 3 is 1.88 bits per heavy atom. The van der Waals surface area contributed by atoms with Gasteiger partial charge in [0.05, 0.1) is 12.2 Å². The van der Waals surface area contributed by atoms with Crippen molar-refractivity contribution in [2.75, 3.05) is 13.2 Å². The average molecular weight is 342 g/mol. The van der Waals surface area contributed by atoms with Crippen LogP contribution in [0.5, 0.6) is 0 Å². The van der Waals surface area contributed by atoms with E-state index in [4.69, 9.17) is 9.47 Å². The van der Waals surface area contributed by atoms with E-state index in [9.17, 15) is 19.8 Å². The SMILES string of the molecule is CC=CC(=O)OCC(O)CCC(CC)CC(O)COC(=O)C=CC. The molecule has 0 aliphatic heterocycles. The van der Waals surface area contributed by atoms with Gasteiger partial charge in [-0.25, -0.2) is 9.59 Å². The van der Waals surface area contributed by atoms with Gasteiger partial charge in [-0.05, 0) is 39.0 Å². The molecule has 0 rings (SSSR count). The Bertz CT molecular complexity index is 416. The second-order valence-corrected chi connectivity index (χ2v) is 5.66. The second-order valence-electron chi connectivity index (χ2n) is 5.66. The molecule has 0 aromatic heterocycles. The quantitative estimate of drug-likeness (QED) is 0.417. The molecule has 2 N–H and O–H groups in total. The maximum Gasteiger partial charge on any atom is 0.330 e. The topological polar surface area (TPSA) is 93.1 Å². The Morgan fingerprint density at radius 2 is 1.42 bits per heavy atom. The van der Waals surface area contributed by atoms with Crippen LogP contribution in [0.25, 0.3) is 0 Å². The minimum atomic E-state index is -0.728. The number of hydrogen-bond donors (Lipinski definition) is 2. The lowest BCUT2D eigenvalue weighted by Crippen LogP contribution is -2.23. The number of aliphatic hydroxyl groups is 2. The number of aliphatic hydroxyl groups excluding tert-OH is 2. The van der Waals surface area contributed by atoms with Crippen LogP contribution < -0.4 is 0 Å². The molecule has 0 fully saturated rings. The van der Waals surface area contributed by atoms with Gasteiger partial charge in [0.15, 0.2) is 0 Å². The van der Waals surface area contributed by atoms with Gasteiger partial charge in [-0.15, -0.1) is 0 Å². The van der Waals surface area contributed by atoms with Gasteiger partial charge in [-0.2, -0.15) is 0 Å². The van der Waals surface area contributed by atoms with Crippen molar-refractivity contribution in [3.8, 4) is 0 Å². The number of esters is 2. The molecule has 0 radical (unpaired) electrons. The summed E-state index contributed by atoms with van der Waals surface area (Å²) in [5.41, 5.74) is 0. The number of rotatable bonds is 12. The maximum absolute atomic E-state index is 11.2. The van der Waals surface area contributed by atoms with E-state index in [1.54, 1.807) is 26.0 Å². The summed E-state index contributed by atoms with van der Waals surface area (Å²) in [5, 5.41) is 19.8. The fraction of sp³-hybridized carbons (Fsp3) is 0.667. The Kier molecular flexibility index (Phi) is 12.8. The third-order valence-electron chi connectivity index (χ3n) is 3.53. The van der Waals surface area contributed by atoms with E-state index in [0.717, 1.165) is 6.42 Å². The highest BCUT2D eigenvalue weighted by molar-refractivity contribution is 5.82. The van der Waals surface area contributed by atoms with E-state index in [-0.39, 0.29) is 19.1 Å². The van der Waals surface area contributed by atoms with E-state index in [2.05, 4.69) is 0 Å². The predicted octanol–water partition coefficient (Wildman–Crippen LogP) is 2.14. The molecule has 0 aromatic carbocycles. The molecule has 0 heterocycles. The number of hydrogen-bond acceptors (Lipinski definition) is 6. The van der Waals surface area contributed by atoms with Crippen molar-refractivity contribution < 1.29 is 29.3 Å². The van der Waals surface area contributed by atoms with Crippen LogP contribution in [-0.2, 0) is 19.1 Å². The van der Waals surface area contributed by atoms with E-state index in [1.165, 1.54) is 12.2 Å². The first-order valence-corrected chi connectivity index (χ1v) is 8.37. The molecule has 0 spiro atoms. The molecule has 6 heteroatoms. The monoisotopic (exact) mass is 342 g/mol. The van der Waals surface area contributed by atoms with E-state index in [0.29, 0.717) is 19.3 Å². The van der Waals surface area contributed by atoms with Crippen molar-refractivity contribution in [2.24, 2.45) is 5.92 Å². The van der Waals surface area contributed by atoms with Gasteiger partial charge in [0.25, 0.3) is 0 Å². The first-order chi connectivity index (χ1) is 11.4. The number of allylic oxidation sites excluding steroid dienone is 2. The molecule has 138 valence electrons. The summed E-state index contributed by atoms with van der Waals surface area (Å²) >= 11 is 0. The van der Waals surface area contributed by atoms with E-state index < -0.39 is 24.1 Å². The summed E-state index contributed by atoms with van der Waals surface area (Å²) in [4.78, 5) is 22.4. The second kappa shape index (κ2) is 13.7. The molecule has 0 bridgehead atoms. The fourth-order valence-corrected chi connectivity index (χ4v) is 2.18. The summed E-state index contributed by atoms with van der Waals surface area (Å²) in [6.07, 6.45) is 6.80. The average Bonchev–Trinajstić information content (AvgIpc) is 2.55. The van der Waals surface area contributed by atoms with Crippen molar-refractivity contribution in [2.45, 2.75) is 58.7 Å². The summed E-state index contributed by atoms with van der Waals surface area (Å²) in [6, 6.07) is 0. The molecule has 6 nitrogen and oxygen atoms in total. The summed E-state index contributed by atoms with van der Waals surface area (Å²) < 4.78 is 9.80. The molecule has 24 heavy (non-hydrogen) atoms. The number of carbonyl (C=O) groups excluding carboxylic acids is 2. The van der Waals surface area contributed by atoms with Gasteiger partial charge < -0.3 is 19.7 Å². The largest absolute Gasteiger partial charge is 0.460 e. The first-order valence-electron chi connectivity index (χ1n) is 8.37. The maximum atomic E-state index is 11.2. The zero-order valence-electron chi connectivity index (χ0n) is 14.8. The molecule has 0 saturated heterocycles. The van der Waals surface area contributed by atoms with Gasteiger partial charge in [-0.1, -0.05) is 25.5 Å². The van der Waals surface area contributed by atoms with Crippen LogP contribution in [-0.4, -0.2) is 47.6 Å². The summed E-state index contributed by atoms with van der Waals surface area (Å²) in [6.45, 7) is 5.35. The van der Waals surface area contributed by atoms with Gasteiger partial charge >= 0.3 is 11.9 Å². The third kappa shape index (κ3) is 11.8. The lowest BCUT2D eigenvalue weighted by atomic mass is 9.92. The van der Waals surface area contributed by atoms with Gasteiger partial charge in [0.2, 0.25) is 0 Å². The lowest BCUT2D eigenvalue weighted by Gasteiger charge is -2.20. The van der Waals surface area contributed by atoms with Crippen LogP contribution in [0.4, 0.5) is 0 Å². The Labute approximate surface area is 144 Å². The van der Waals surface area contributed by atoms with Gasteiger partial charge in [0.1, 0.15) is 13.2 Å². The van der Waals surface area contributed by atoms with Gasteiger partial charge in [-0.3, -0.25) is 0 Å². The fourth-order valence-electron chi connectivity index (χ4n) is 2.18. The molecule has 0 saturated carbocycles. The van der Waals surface area contributed by atoms with Crippen LogP contribution in [0.15, 0.2) is 24.3 Å². The molecule has 0 aliphatic rings. The minimum Gasteiger partial charge on any atom is -0.460 e. The highest BCUT2D eigenvalue weighted by atomic mass is 16.5. The van der Waals surface area contributed by atoms with Crippen molar-refractivity contribution in [1.29, 1.82) is 0 Å². The molecular formula is C18H30O6. The summed E-state index contributed by atoms with van der Waals surface area (Å²) in [7, 11) is 0. The van der Waals surface area contributed by atoms with Crippen LogP contribution >= 0.6 is 0 Å². The van der Waals surface area contributed by atoms with Crippen LogP contribution in [0.1, 0.15) is 46.5 Å². The summed E-state index contributed by atoms with van der Waals surface area (Å²) in [5.74, 6) is -0.744. The smallest absolute Gasteiger partial charge is 0.330 e. The van der Waals surface area contributed by atoms with Crippen LogP contribution in [0.3, 0.4) is 0 Å². The van der Waals surface area contributed by atoms with Crippen molar-refractivity contribution in [3.05, 3.63) is 24.3 Å². The zero-order chi connectivity index (χ0) is 18.4. The molecule has 3 unspecified atom stereocenters. The number of carbonyl (C=O) groups is 2. The highest BCUT2D eigenvalue weighted by Gasteiger charge is 2.16. The van der Waals surface area contributed by atoms with Crippen molar-refractivity contribution in [1.82, 2.24) is 0 Å². The van der Waals surface area contributed by atoms with Gasteiger partial charge in [0, 0.05) is 12.2 Å². The number of ether oxygens (including phenoxy) is 2. The van der Waals surface area contributed by atoms with Crippen molar-refractivity contribution in [3.63, 3.8) is 0 Å².